The minimum absolute atomic E-state index is 0.404. The number of rotatable bonds is 3. The fraction of sp³-hybridized carbons (Fsp3) is 0.571. The second-order valence-electron chi connectivity index (χ2n) is 5.48. The zero-order valence-corrected chi connectivity index (χ0v) is 12.1. The van der Waals surface area contributed by atoms with E-state index in [4.69, 9.17) is 5.73 Å². The van der Waals surface area contributed by atoms with E-state index in [1.54, 1.807) is 0 Å². The second-order valence-corrected chi connectivity index (χ2v) is 5.48. The van der Waals surface area contributed by atoms with Gasteiger partial charge in [-0.15, -0.1) is 0 Å². The number of pyridine rings is 1. The predicted octanol–water partition coefficient (Wildman–Crippen LogP) is 0.938. The number of carbonyl (C=O) groups is 1. The van der Waals surface area contributed by atoms with Gasteiger partial charge in [0.1, 0.15) is 5.82 Å². The van der Waals surface area contributed by atoms with Crippen LogP contribution >= 0.6 is 0 Å². The minimum atomic E-state index is -0.404. The van der Waals surface area contributed by atoms with Gasteiger partial charge >= 0.3 is 0 Å². The van der Waals surface area contributed by atoms with Gasteiger partial charge in [0.05, 0.1) is 5.56 Å². The summed E-state index contributed by atoms with van der Waals surface area (Å²) >= 11 is 0. The molecule has 5 heteroatoms. The minimum Gasteiger partial charge on any atom is -0.365 e. The van der Waals surface area contributed by atoms with Crippen molar-refractivity contribution >= 4 is 11.7 Å². The molecule has 1 amide bonds. The van der Waals surface area contributed by atoms with Crippen LogP contribution in [0, 0.1) is 13.8 Å². The first-order chi connectivity index (χ1) is 8.90. The number of likely N-dealkylation sites (N-methyl/N-ethyl adjacent to an activating group) is 1. The molecule has 0 radical (unpaired) electrons. The van der Waals surface area contributed by atoms with Crippen LogP contribution in [-0.4, -0.2) is 49.0 Å². The number of amides is 1. The van der Waals surface area contributed by atoms with E-state index in [-0.39, 0.29) is 0 Å². The highest BCUT2D eigenvalue weighted by Crippen LogP contribution is 2.25. The van der Waals surface area contributed by atoms with Crippen molar-refractivity contribution in [3.8, 4) is 0 Å². The molecule has 1 aromatic rings. The number of aromatic nitrogens is 1. The topological polar surface area (TPSA) is 62.5 Å². The third-order valence-electron chi connectivity index (χ3n) is 3.90. The van der Waals surface area contributed by atoms with Crippen LogP contribution in [0.5, 0.6) is 0 Å². The molecule has 1 atom stereocenters. The van der Waals surface area contributed by atoms with Crippen LogP contribution < -0.4 is 10.6 Å². The molecule has 0 bridgehead atoms. The molecule has 1 aliphatic rings. The molecule has 2 heterocycles. The Morgan fingerprint density at radius 1 is 1.47 bits per heavy atom. The van der Waals surface area contributed by atoms with E-state index in [0.29, 0.717) is 11.6 Å². The van der Waals surface area contributed by atoms with Gasteiger partial charge in [-0.05, 0) is 46.0 Å². The van der Waals surface area contributed by atoms with Gasteiger partial charge in [-0.2, -0.15) is 0 Å². The second kappa shape index (κ2) is 5.17. The maximum Gasteiger partial charge on any atom is 0.252 e. The molecule has 0 spiro atoms. The fourth-order valence-electron chi connectivity index (χ4n) is 2.47. The van der Waals surface area contributed by atoms with Gasteiger partial charge in [0.25, 0.3) is 5.91 Å². The normalized spacial score (nSPS) is 19.2. The van der Waals surface area contributed by atoms with Gasteiger partial charge in [0.2, 0.25) is 0 Å². The summed E-state index contributed by atoms with van der Waals surface area (Å²) in [5.41, 5.74) is 7.96. The highest BCUT2D eigenvalue weighted by Gasteiger charge is 2.27. The third-order valence-corrected chi connectivity index (χ3v) is 3.90. The van der Waals surface area contributed by atoms with Crippen molar-refractivity contribution in [2.24, 2.45) is 5.73 Å². The highest BCUT2D eigenvalue weighted by molar-refractivity contribution is 5.98. The van der Waals surface area contributed by atoms with E-state index in [1.165, 1.54) is 0 Å². The summed E-state index contributed by atoms with van der Waals surface area (Å²) < 4.78 is 0. The van der Waals surface area contributed by atoms with E-state index in [0.717, 1.165) is 36.6 Å². The maximum absolute atomic E-state index is 11.6. The van der Waals surface area contributed by atoms with E-state index < -0.39 is 5.91 Å². The third kappa shape index (κ3) is 2.71. The van der Waals surface area contributed by atoms with Crippen LogP contribution in [0.15, 0.2) is 6.07 Å². The molecule has 104 valence electrons. The number of carbonyl (C=O) groups excluding carboxylic acids is 1. The number of hydrogen-bond donors (Lipinski definition) is 1. The van der Waals surface area contributed by atoms with Crippen LogP contribution in [-0.2, 0) is 0 Å². The summed E-state index contributed by atoms with van der Waals surface area (Å²) in [6.45, 7) is 5.72. The quantitative estimate of drug-likeness (QED) is 0.880. The monoisotopic (exact) mass is 262 g/mol. The Morgan fingerprint density at radius 3 is 2.68 bits per heavy atom. The van der Waals surface area contributed by atoms with E-state index in [9.17, 15) is 4.79 Å². The van der Waals surface area contributed by atoms with Crippen LogP contribution in [0.1, 0.15) is 28.0 Å². The lowest BCUT2D eigenvalue weighted by atomic mass is 10.1. The number of nitrogens with zero attached hydrogens (tertiary/aromatic N) is 3. The molecule has 2 N–H and O–H groups in total. The van der Waals surface area contributed by atoms with Crippen molar-refractivity contribution in [1.29, 1.82) is 0 Å². The number of hydrogen-bond acceptors (Lipinski definition) is 4. The summed E-state index contributed by atoms with van der Waals surface area (Å²) in [6.07, 6.45) is 1.08. The average Bonchev–Trinajstić information content (AvgIpc) is 2.81. The summed E-state index contributed by atoms with van der Waals surface area (Å²) in [6, 6.07) is 2.35. The van der Waals surface area contributed by atoms with Crippen molar-refractivity contribution in [3.63, 3.8) is 0 Å². The summed E-state index contributed by atoms with van der Waals surface area (Å²) in [4.78, 5) is 20.6. The first kappa shape index (κ1) is 13.8. The molecule has 1 aliphatic heterocycles. The molecule has 19 heavy (non-hydrogen) atoms. The Labute approximate surface area is 114 Å². The van der Waals surface area contributed by atoms with Crippen molar-refractivity contribution in [3.05, 3.63) is 22.9 Å². The number of primary amides is 1. The Balaban J connectivity index is 2.34. The largest absolute Gasteiger partial charge is 0.365 e. The van der Waals surface area contributed by atoms with E-state index in [1.807, 2.05) is 19.9 Å². The molecule has 0 aliphatic carbocycles. The van der Waals surface area contributed by atoms with Gasteiger partial charge < -0.3 is 15.5 Å². The van der Waals surface area contributed by atoms with E-state index in [2.05, 4.69) is 28.9 Å². The van der Waals surface area contributed by atoms with Crippen LogP contribution in [0.3, 0.4) is 0 Å². The number of nitrogens with two attached hydrogens (primary N) is 1. The van der Waals surface area contributed by atoms with Gasteiger partial charge in [0.15, 0.2) is 0 Å². The first-order valence-corrected chi connectivity index (χ1v) is 6.59. The predicted molar refractivity (Wildman–Crippen MR) is 76.5 cm³/mol. The molecular formula is C14H22N4O. The molecule has 0 aromatic carbocycles. The molecular weight excluding hydrogens is 240 g/mol. The lowest BCUT2D eigenvalue weighted by molar-refractivity contribution is 0.100. The fourth-order valence-corrected chi connectivity index (χ4v) is 2.47. The highest BCUT2D eigenvalue weighted by atomic mass is 16.1. The van der Waals surface area contributed by atoms with Gasteiger partial charge in [0, 0.05) is 24.8 Å². The Hall–Kier alpha value is -1.62. The summed E-state index contributed by atoms with van der Waals surface area (Å²) in [5.74, 6) is 0.332. The van der Waals surface area contributed by atoms with E-state index >= 15 is 0 Å². The van der Waals surface area contributed by atoms with Gasteiger partial charge in [-0.25, -0.2) is 4.98 Å². The zero-order chi connectivity index (χ0) is 14.2. The van der Waals surface area contributed by atoms with Crippen molar-refractivity contribution < 1.29 is 4.79 Å². The van der Waals surface area contributed by atoms with Crippen LogP contribution in [0.4, 0.5) is 5.82 Å². The molecule has 5 nitrogen and oxygen atoms in total. The Kier molecular flexibility index (Phi) is 3.75. The van der Waals surface area contributed by atoms with Gasteiger partial charge in [-0.1, -0.05) is 0 Å². The Morgan fingerprint density at radius 2 is 2.16 bits per heavy atom. The standard InChI is InChI=1S/C14H22N4O/c1-9-7-12(13(15)19)14(16-10(9)2)18-6-5-11(8-18)17(3)4/h7,11H,5-6,8H2,1-4H3,(H2,15,19)/t11-/m0/s1. The first-order valence-electron chi connectivity index (χ1n) is 6.59. The Bertz CT molecular complexity index is 498. The average molecular weight is 262 g/mol. The molecule has 0 saturated carbocycles. The molecule has 1 aromatic heterocycles. The van der Waals surface area contributed by atoms with Crippen molar-refractivity contribution in [1.82, 2.24) is 9.88 Å². The zero-order valence-electron chi connectivity index (χ0n) is 12.1. The lowest BCUT2D eigenvalue weighted by Gasteiger charge is -2.23. The maximum atomic E-state index is 11.6. The SMILES string of the molecule is Cc1cc(C(N)=O)c(N2CC[C@H](N(C)C)C2)nc1C. The van der Waals surface area contributed by atoms with Crippen molar-refractivity contribution in [2.75, 3.05) is 32.1 Å². The smallest absolute Gasteiger partial charge is 0.252 e. The number of aryl methyl sites for hydroxylation is 2. The molecule has 2 rings (SSSR count). The van der Waals surface area contributed by atoms with Crippen LogP contribution in [0.25, 0.3) is 0 Å². The lowest BCUT2D eigenvalue weighted by Crippen LogP contribution is -2.32. The number of anilines is 1. The summed E-state index contributed by atoms with van der Waals surface area (Å²) in [5, 5.41) is 0. The molecule has 0 unspecified atom stereocenters. The molecule has 1 saturated heterocycles. The molecule has 1 fully saturated rings. The summed E-state index contributed by atoms with van der Waals surface area (Å²) in [7, 11) is 4.16. The van der Waals surface area contributed by atoms with Crippen molar-refractivity contribution in [2.45, 2.75) is 26.3 Å². The van der Waals surface area contributed by atoms with Gasteiger partial charge in [-0.3, -0.25) is 4.79 Å². The van der Waals surface area contributed by atoms with Crippen LogP contribution in [0.2, 0.25) is 0 Å².